The first-order valence-electron chi connectivity index (χ1n) is 8.49. The zero-order valence-corrected chi connectivity index (χ0v) is 16.6. The van der Waals surface area contributed by atoms with Gasteiger partial charge < -0.3 is 9.64 Å². The van der Waals surface area contributed by atoms with Gasteiger partial charge in [0.25, 0.3) is 5.56 Å². The average Bonchev–Trinajstić information content (AvgIpc) is 2.67. The van der Waals surface area contributed by atoms with Crippen LogP contribution in [0.25, 0.3) is 5.69 Å². The molecule has 0 atom stereocenters. The molecule has 0 radical (unpaired) electrons. The number of esters is 1. The molecule has 1 aromatic heterocycles. The van der Waals surface area contributed by atoms with Gasteiger partial charge in [0.1, 0.15) is 5.02 Å². The van der Waals surface area contributed by atoms with Crippen molar-refractivity contribution >= 4 is 34.9 Å². The minimum Gasteiger partial charge on any atom is -0.468 e. The van der Waals surface area contributed by atoms with E-state index < -0.39 is 5.56 Å². The molecule has 0 N–H and O–H groups in total. The number of ether oxygens (including phenoxy) is 1. The second-order valence-corrected chi connectivity index (χ2v) is 7.12. The summed E-state index contributed by atoms with van der Waals surface area (Å²) in [5.74, 6) is -0.262. The Morgan fingerprint density at radius 3 is 2.56 bits per heavy atom. The predicted octanol–water partition coefficient (Wildman–Crippen LogP) is 2.14. The fourth-order valence-electron chi connectivity index (χ4n) is 2.94. The third kappa shape index (κ3) is 4.26. The second kappa shape index (κ2) is 8.29. The molecule has 27 heavy (non-hydrogen) atoms. The first kappa shape index (κ1) is 19.7. The number of rotatable bonds is 4. The number of anilines is 1. The lowest BCUT2D eigenvalue weighted by Gasteiger charge is -2.35. The summed E-state index contributed by atoms with van der Waals surface area (Å²) >= 11 is 12.5. The Balaban J connectivity index is 1.79. The highest BCUT2D eigenvalue weighted by molar-refractivity contribution is 6.33. The van der Waals surface area contributed by atoms with Crippen molar-refractivity contribution in [3.8, 4) is 5.69 Å². The molecule has 1 aliphatic heterocycles. The Hall–Kier alpha value is -2.09. The summed E-state index contributed by atoms with van der Waals surface area (Å²) < 4.78 is 5.93. The average molecular weight is 411 g/mol. The van der Waals surface area contributed by atoms with Gasteiger partial charge in [-0.05, 0) is 24.6 Å². The summed E-state index contributed by atoms with van der Waals surface area (Å²) in [4.78, 5) is 28.1. The zero-order valence-electron chi connectivity index (χ0n) is 15.1. The highest BCUT2D eigenvalue weighted by Crippen LogP contribution is 2.24. The summed E-state index contributed by atoms with van der Waals surface area (Å²) in [7, 11) is 1.38. The van der Waals surface area contributed by atoms with Crippen molar-refractivity contribution in [2.75, 3.05) is 44.7 Å². The predicted molar refractivity (Wildman–Crippen MR) is 105 cm³/mol. The molecule has 3 rings (SSSR count). The third-order valence-electron chi connectivity index (χ3n) is 4.59. The molecule has 0 aliphatic carbocycles. The number of hydrogen-bond acceptors (Lipinski definition) is 6. The van der Waals surface area contributed by atoms with E-state index in [2.05, 4.69) is 5.10 Å². The van der Waals surface area contributed by atoms with E-state index in [-0.39, 0.29) is 17.5 Å². The van der Waals surface area contributed by atoms with Gasteiger partial charge in [-0.1, -0.05) is 29.3 Å². The van der Waals surface area contributed by atoms with E-state index in [0.717, 1.165) is 5.56 Å². The molecule has 2 aromatic rings. The molecular formula is C18H20Cl2N4O3. The summed E-state index contributed by atoms with van der Waals surface area (Å²) in [6.45, 7) is 4.75. The number of aryl methyl sites for hydroxylation is 1. The fourth-order valence-corrected chi connectivity index (χ4v) is 3.36. The molecule has 2 heterocycles. The van der Waals surface area contributed by atoms with E-state index >= 15 is 0 Å². The summed E-state index contributed by atoms with van der Waals surface area (Å²) in [6.07, 6.45) is 1.59. The van der Waals surface area contributed by atoms with Crippen molar-refractivity contribution < 1.29 is 9.53 Å². The van der Waals surface area contributed by atoms with Gasteiger partial charge in [-0.15, -0.1) is 0 Å². The molecule has 0 spiro atoms. The number of benzene rings is 1. The quantitative estimate of drug-likeness (QED) is 0.719. The molecule has 1 fully saturated rings. The smallest absolute Gasteiger partial charge is 0.319 e. The Bertz CT molecular complexity index is 908. The number of carbonyl (C=O) groups is 1. The monoisotopic (exact) mass is 410 g/mol. The van der Waals surface area contributed by atoms with Gasteiger partial charge in [0.2, 0.25) is 0 Å². The van der Waals surface area contributed by atoms with Crippen LogP contribution in [0.1, 0.15) is 5.56 Å². The van der Waals surface area contributed by atoms with Crippen molar-refractivity contribution in [3.63, 3.8) is 0 Å². The first-order valence-corrected chi connectivity index (χ1v) is 9.24. The third-order valence-corrected chi connectivity index (χ3v) is 5.36. The number of carbonyl (C=O) groups excluding carboxylic acids is 1. The maximum atomic E-state index is 12.7. The van der Waals surface area contributed by atoms with Crippen molar-refractivity contribution in [2.45, 2.75) is 6.92 Å². The normalized spacial score (nSPS) is 15.0. The van der Waals surface area contributed by atoms with Crippen molar-refractivity contribution in [1.82, 2.24) is 14.7 Å². The van der Waals surface area contributed by atoms with Crippen LogP contribution in [0, 0.1) is 6.92 Å². The molecule has 0 unspecified atom stereocenters. The number of hydrogen-bond donors (Lipinski definition) is 0. The van der Waals surface area contributed by atoms with Gasteiger partial charge >= 0.3 is 5.97 Å². The van der Waals surface area contributed by atoms with Crippen LogP contribution in [0.4, 0.5) is 5.69 Å². The molecule has 7 nitrogen and oxygen atoms in total. The maximum Gasteiger partial charge on any atom is 0.319 e. The Kier molecular flexibility index (Phi) is 6.04. The van der Waals surface area contributed by atoms with Crippen LogP contribution in [0.3, 0.4) is 0 Å². The van der Waals surface area contributed by atoms with Gasteiger partial charge in [0.05, 0.1) is 31.2 Å². The number of methoxy groups -OCH3 is 1. The van der Waals surface area contributed by atoms with Gasteiger partial charge in [0.15, 0.2) is 0 Å². The Morgan fingerprint density at radius 2 is 1.93 bits per heavy atom. The fraction of sp³-hybridized carbons (Fsp3) is 0.389. The number of halogens is 2. The lowest BCUT2D eigenvalue weighted by Crippen LogP contribution is -2.48. The molecule has 1 saturated heterocycles. The van der Waals surface area contributed by atoms with Crippen LogP contribution in [0.15, 0.2) is 29.2 Å². The van der Waals surface area contributed by atoms with Crippen LogP contribution in [0.2, 0.25) is 10.0 Å². The molecule has 1 aromatic carbocycles. The summed E-state index contributed by atoms with van der Waals surface area (Å²) in [6, 6.07) is 5.29. The number of aromatic nitrogens is 2. The first-order chi connectivity index (χ1) is 12.9. The van der Waals surface area contributed by atoms with Gasteiger partial charge in [-0.25, -0.2) is 0 Å². The van der Waals surface area contributed by atoms with Crippen LogP contribution in [-0.4, -0.2) is 60.5 Å². The lowest BCUT2D eigenvalue weighted by atomic mass is 10.2. The van der Waals surface area contributed by atoms with Crippen LogP contribution in [-0.2, 0) is 9.53 Å². The standard InChI is InChI=1S/C18H20Cl2N4O3/c1-12-3-4-13(9-14(12)19)24-18(26)17(20)15(10-21-24)23-7-5-22(6-8-23)11-16(25)27-2/h3-4,9-10H,5-8,11H2,1-2H3. The van der Waals surface area contributed by atoms with Gasteiger partial charge in [-0.2, -0.15) is 9.78 Å². The highest BCUT2D eigenvalue weighted by Gasteiger charge is 2.23. The number of piperazine rings is 1. The molecule has 0 bridgehead atoms. The summed E-state index contributed by atoms with van der Waals surface area (Å²) in [5, 5.41) is 4.94. The minimum atomic E-state index is -0.397. The largest absolute Gasteiger partial charge is 0.468 e. The lowest BCUT2D eigenvalue weighted by molar-refractivity contribution is -0.142. The molecule has 0 amide bonds. The molecule has 0 saturated carbocycles. The van der Waals surface area contributed by atoms with E-state index in [0.29, 0.717) is 42.6 Å². The van der Waals surface area contributed by atoms with E-state index in [4.69, 9.17) is 27.9 Å². The van der Waals surface area contributed by atoms with Crippen LogP contribution in [0.5, 0.6) is 0 Å². The van der Waals surface area contributed by atoms with Crippen molar-refractivity contribution in [1.29, 1.82) is 0 Å². The highest BCUT2D eigenvalue weighted by atomic mass is 35.5. The minimum absolute atomic E-state index is 0.114. The van der Waals surface area contributed by atoms with Crippen molar-refractivity contribution in [3.05, 3.63) is 50.4 Å². The molecule has 9 heteroatoms. The van der Waals surface area contributed by atoms with Crippen molar-refractivity contribution in [2.24, 2.45) is 0 Å². The molecule has 1 aliphatic rings. The Morgan fingerprint density at radius 1 is 1.22 bits per heavy atom. The zero-order chi connectivity index (χ0) is 19.6. The van der Waals surface area contributed by atoms with Crippen LogP contribution < -0.4 is 10.5 Å². The van der Waals surface area contributed by atoms with Crippen LogP contribution >= 0.6 is 23.2 Å². The van der Waals surface area contributed by atoms with Gasteiger partial charge in [0, 0.05) is 31.2 Å². The molecule has 144 valence electrons. The SMILES string of the molecule is COC(=O)CN1CCN(c2cnn(-c3ccc(C)c(Cl)c3)c(=O)c2Cl)CC1. The van der Waals surface area contributed by atoms with E-state index in [1.54, 1.807) is 18.3 Å². The summed E-state index contributed by atoms with van der Waals surface area (Å²) in [5.41, 5.74) is 1.67. The van der Waals surface area contributed by atoms with Gasteiger partial charge in [-0.3, -0.25) is 14.5 Å². The molecular weight excluding hydrogens is 391 g/mol. The van der Waals surface area contributed by atoms with E-state index in [9.17, 15) is 9.59 Å². The maximum absolute atomic E-state index is 12.7. The van der Waals surface area contributed by atoms with E-state index in [1.807, 2.05) is 22.8 Å². The topological polar surface area (TPSA) is 67.7 Å². The number of nitrogens with zero attached hydrogens (tertiary/aromatic N) is 4. The van der Waals surface area contributed by atoms with E-state index in [1.165, 1.54) is 11.8 Å². The Labute approximate surface area is 167 Å². The second-order valence-electron chi connectivity index (χ2n) is 6.33.